The molecule has 3 heterocycles. The zero-order valence-corrected chi connectivity index (χ0v) is 41.9. The van der Waals surface area contributed by atoms with Crippen molar-refractivity contribution in [2.75, 3.05) is 0 Å². The summed E-state index contributed by atoms with van der Waals surface area (Å²) < 4.78 is 16.5. The molecule has 0 amide bonds. The van der Waals surface area contributed by atoms with Gasteiger partial charge in [-0.05, 0) is 106 Å². The van der Waals surface area contributed by atoms with Crippen molar-refractivity contribution in [1.29, 1.82) is 5.41 Å². The standard InChI is InChI=1S/C48H68Br2N4S4/c1-3-5-7-9-11-13-15-17-19-21-23-25-27-29-35-31-41(56-47(35)49)39-33-38-37(44(52-55)43(39)51)34-40(46-45(38)53-58-54-46)42-32-36(48(50)57-42)30-28-26-24-22-20-18-16-14-12-10-8-6-4-2/h31-34,51,55H,3-30H2,1-2H3/b51-43?,52-44-. The number of thiol groups is 1. The first-order valence-electron chi connectivity index (χ1n) is 22.9. The van der Waals surface area contributed by atoms with Gasteiger partial charge in [0.05, 0.1) is 25.0 Å². The van der Waals surface area contributed by atoms with Crippen LogP contribution in [0.3, 0.4) is 0 Å². The number of hydrogen-bond acceptors (Lipinski definition) is 8. The van der Waals surface area contributed by atoms with E-state index in [9.17, 15) is 5.41 Å². The van der Waals surface area contributed by atoms with Crippen molar-refractivity contribution in [2.45, 2.75) is 194 Å². The lowest BCUT2D eigenvalue weighted by atomic mass is 9.85. The van der Waals surface area contributed by atoms with Crippen molar-refractivity contribution >= 4 is 113 Å². The number of unbranched alkanes of at least 4 members (excludes halogenated alkanes) is 24. The Hall–Kier alpha value is -1.17. The summed E-state index contributed by atoms with van der Waals surface area (Å²) in [6.45, 7) is 4.58. The highest BCUT2D eigenvalue weighted by atomic mass is 79.9. The Bertz CT molecular complexity index is 1900. The molecule has 5 rings (SSSR count). The number of thiophene rings is 2. The normalized spacial score (nSPS) is 13.6. The molecule has 3 aromatic heterocycles. The van der Waals surface area contributed by atoms with Crippen LogP contribution in [-0.4, -0.2) is 20.2 Å². The second-order valence-corrected chi connectivity index (χ2v) is 22.0. The second-order valence-electron chi connectivity index (χ2n) is 16.5. The predicted octanol–water partition coefficient (Wildman–Crippen LogP) is 18.5. The van der Waals surface area contributed by atoms with Crippen LogP contribution in [0, 0.1) is 5.41 Å². The van der Waals surface area contributed by atoms with E-state index < -0.39 is 0 Å². The molecule has 1 aliphatic carbocycles. The third-order valence-corrected chi connectivity index (χ3v) is 16.6. The number of aryl methyl sites for hydroxylation is 2. The molecule has 1 aliphatic rings. The zero-order valence-electron chi connectivity index (χ0n) is 35.4. The maximum absolute atomic E-state index is 9.35. The number of allylic oxidation sites excluding steroid dienone is 1. The predicted molar refractivity (Wildman–Crippen MR) is 270 cm³/mol. The molecule has 0 bridgehead atoms. The van der Waals surface area contributed by atoms with Crippen molar-refractivity contribution in [1.82, 2.24) is 8.75 Å². The number of nitrogens with zero attached hydrogens (tertiary/aromatic N) is 3. The quantitative estimate of drug-likeness (QED) is 0.0404. The van der Waals surface area contributed by atoms with E-state index in [0.717, 1.165) is 51.0 Å². The summed E-state index contributed by atoms with van der Waals surface area (Å²) in [7, 11) is 0. The molecule has 0 spiro atoms. The average Bonchev–Trinajstić information content (AvgIpc) is 3.96. The Labute approximate surface area is 385 Å². The van der Waals surface area contributed by atoms with Crippen molar-refractivity contribution in [3.63, 3.8) is 0 Å². The van der Waals surface area contributed by atoms with E-state index in [0.29, 0.717) is 11.4 Å². The summed E-state index contributed by atoms with van der Waals surface area (Å²) >= 11 is 17.0. The molecule has 0 fully saturated rings. The van der Waals surface area contributed by atoms with Gasteiger partial charge >= 0.3 is 0 Å². The monoisotopic (exact) mass is 986 g/mol. The van der Waals surface area contributed by atoms with Crippen LogP contribution in [0.15, 0.2) is 30.2 Å². The maximum Gasteiger partial charge on any atom is 0.114 e. The van der Waals surface area contributed by atoms with E-state index in [2.05, 4.69) is 87.2 Å². The Morgan fingerprint density at radius 3 is 1.43 bits per heavy atom. The third-order valence-electron chi connectivity index (χ3n) is 11.9. The van der Waals surface area contributed by atoms with Crippen molar-refractivity contribution in [3.8, 4) is 10.4 Å². The van der Waals surface area contributed by atoms with Gasteiger partial charge in [0.1, 0.15) is 16.7 Å². The van der Waals surface area contributed by atoms with E-state index in [-0.39, 0.29) is 0 Å². The Morgan fingerprint density at radius 2 is 0.966 bits per heavy atom. The number of nitrogens with one attached hydrogen (secondary N) is 1. The Morgan fingerprint density at radius 1 is 0.552 bits per heavy atom. The summed E-state index contributed by atoms with van der Waals surface area (Å²) in [6.07, 6.45) is 39.8. The minimum atomic E-state index is 0.410. The van der Waals surface area contributed by atoms with Crippen LogP contribution in [0.1, 0.15) is 208 Å². The highest BCUT2D eigenvalue weighted by molar-refractivity contribution is 9.11. The first kappa shape index (κ1) is 47.9. The first-order valence-corrected chi connectivity index (χ1v) is 27.2. The topological polar surface area (TPSA) is 62.0 Å². The summed E-state index contributed by atoms with van der Waals surface area (Å²) in [4.78, 5) is 2.26. The lowest BCUT2D eigenvalue weighted by molar-refractivity contribution is 0.539. The summed E-state index contributed by atoms with van der Waals surface area (Å²) in [6, 6.07) is 6.79. The second kappa shape index (κ2) is 27.0. The molecular formula is C48H68Br2N4S4. The Kier molecular flexibility index (Phi) is 22.3. The fourth-order valence-corrected chi connectivity index (χ4v) is 12.7. The van der Waals surface area contributed by atoms with Gasteiger partial charge in [-0.15, -0.1) is 22.7 Å². The molecule has 1 aromatic carbocycles. The lowest BCUT2D eigenvalue weighted by Crippen LogP contribution is -2.20. The van der Waals surface area contributed by atoms with Gasteiger partial charge in [-0.3, -0.25) is 5.41 Å². The van der Waals surface area contributed by atoms with Crippen LogP contribution in [0.5, 0.6) is 0 Å². The molecule has 0 unspecified atom stereocenters. The minimum absolute atomic E-state index is 0.410. The van der Waals surface area contributed by atoms with Gasteiger partial charge in [-0.2, -0.15) is 8.75 Å². The van der Waals surface area contributed by atoms with E-state index in [1.54, 1.807) is 22.7 Å². The molecule has 4 aromatic rings. The van der Waals surface area contributed by atoms with E-state index in [1.165, 1.54) is 202 Å². The molecule has 0 saturated carbocycles. The molecule has 0 saturated heterocycles. The number of hydrogen-bond donors (Lipinski definition) is 2. The number of halogens is 2. The van der Waals surface area contributed by atoms with Gasteiger partial charge in [0.15, 0.2) is 0 Å². The highest BCUT2D eigenvalue weighted by Crippen LogP contribution is 2.44. The van der Waals surface area contributed by atoms with Gasteiger partial charge in [0, 0.05) is 32.0 Å². The molecule has 4 nitrogen and oxygen atoms in total. The molecule has 0 aliphatic heterocycles. The van der Waals surface area contributed by atoms with Gasteiger partial charge in [0.25, 0.3) is 0 Å². The van der Waals surface area contributed by atoms with Crippen molar-refractivity contribution in [3.05, 3.63) is 52.9 Å². The number of rotatable bonds is 30. The number of aromatic nitrogens is 2. The van der Waals surface area contributed by atoms with Gasteiger partial charge in [-0.25, -0.2) is 4.40 Å². The van der Waals surface area contributed by atoms with Crippen LogP contribution in [0.4, 0.5) is 0 Å². The van der Waals surface area contributed by atoms with E-state index in [4.69, 9.17) is 8.75 Å². The number of benzene rings is 1. The smallest absolute Gasteiger partial charge is 0.114 e. The molecular weight excluding hydrogens is 921 g/mol. The minimum Gasteiger partial charge on any atom is -0.298 e. The lowest BCUT2D eigenvalue weighted by Gasteiger charge is -2.20. The fourth-order valence-electron chi connectivity index (χ4n) is 8.35. The molecule has 318 valence electrons. The third kappa shape index (κ3) is 14.5. The highest BCUT2D eigenvalue weighted by Gasteiger charge is 2.29. The molecule has 0 radical (unpaired) electrons. The van der Waals surface area contributed by atoms with Gasteiger partial charge < -0.3 is 0 Å². The SMILES string of the molecule is CCCCCCCCCCCCCCCc1cc(C2=Cc3c(cc(-c4cc(CCCCCCCCCCCCCCC)c(Br)s4)c4nsnc34)/C(=N/S)C2=N)sc1Br. The van der Waals surface area contributed by atoms with Crippen LogP contribution < -0.4 is 0 Å². The molecule has 0 atom stereocenters. The zero-order chi connectivity index (χ0) is 41.0. The first-order chi connectivity index (χ1) is 28.5. The molecule has 58 heavy (non-hydrogen) atoms. The van der Waals surface area contributed by atoms with Crippen LogP contribution in [0.2, 0.25) is 0 Å². The van der Waals surface area contributed by atoms with Crippen LogP contribution >= 0.6 is 79.1 Å². The summed E-state index contributed by atoms with van der Waals surface area (Å²) in [5.41, 5.74) is 9.33. The van der Waals surface area contributed by atoms with Gasteiger partial charge in [0.2, 0.25) is 0 Å². The molecule has 1 N–H and O–H groups in total. The molecule has 10 heteroatoms. The Balaban J connectivity index is 1.14. The van der Waals surface area contributed by atoms with E-state index >= 15 is 0 Å². The largest absolute Gasteiger partial charge is 0.298 e. The fraction of sp³-hybridized carbons (Fsp3) is 0.625. The summed E-state index contributed by atoms with van der Waals surface area (Å²) in [5.74, 6) is 0. The van der Waals surface area contributed by atoms with Crippen LogP contribution in [0.25, 0.3) is 33.1 Å². The number of fused-ring (bicyclic) bond motifs is 3. The summed E-state index contributed by atoms with van der Waals surface area (Å²) in [5, 5.41) is 9.35. The van der Waals surface area contributed by atoms with Crippen molar-refractivity contribution < 1.29 is 0 Å². The van der Waals surface area contributed by atoms with Gasteiger partial charge in [-0.1, -0.05) is 168 Å². The average molecular weight is 989 g/mol. The van der Waals surface area contributed by atoms with E-state index in [1.807, 2.05) is 0 Å². The van der Waals surface area contributed by atoms with Crippen LogP contribution in [-0.2, 0) is 12.8 Å². The van der Waals surface area contributed by atoms with Crippen molar-refractivity contribution in [2.24, 2.45) is 4.40 Å². The maximum atomic E-state index is 9.35.